The van der Waals surface area contributed by atoms with Crippen LogP contribution in [0.5, 0.6) is 5.75 Å². The van der Waals surface area contributed by atoms with Gasteiger partial charge in [-0.15, -0.1) is 5.10 Å². The number of nitrogens with one attached hydrogen (secondary N) is 1. The third-order valence-corrected chi connectivity index (χ3v) is 3.66. The third-order valence-electron chi connectivity index (χ3n) is 3.66. The number of pyridine rings is 1. The lowest BCUT2D eigenvalue weighted by Crippen LogP contribution is -2.14. The highest BCUT2D eigenvalue weighted by atomic mass is 19.1. The monoisotopic (exact) mass is 374 g/mol. The lowest BCUT2D eigenvalue weighted by Gasteiger charge is -2.08. The van der Waals surface area contributed by atoms with Crippen molar-refractivity contribution in [1.29, 1.82) is 0 Å². The Hall–Kier alpha value is -3.69. The van der Waals surface area contributed by atoms with E-state index in [0.717, 1.165) is 4.52 Å². The maximum absolute atomic E-state index is 14.5. The van der Waals surface area contributed by atoms with Gasteiger partial charge in [0, 0.05) is 17.2 Å². The number of aromatic carboxylic acids is 1. The third kappa shape index (κ3) is 3.50. The van der Waals surface area contributed by atoms with E-state index in [4.69, 9.17) is 9.47 Å². The lowest BCUT2D eigenvalue weighted by molar-refractivity contribution is 0.0687. The highest BCUT2D eigenvalue weighted by Crippen LogP contribution is 2.30. The second kappa shape index (κ2) is 7.28. The zero-order valence-electron chi connectivity index (χ0n) is 14.4. The van der Waals surface area contributed by atoms with Crippen molar-refractivity contribution < 1.29 is 28.6 Å². The fourth-order valence-electron chi connectivity index (χ4n) is 2.49. The van der Waals surface area contributed by atoms with Crippen LogP contribution in [0.25, 0.3) is 16.8 Å². The summed E-state index contributed by atoms with van der Waals surface area (Å²) in [5.41, 5.74) is 0.329. The molecule has 0 radical (unpaired) electrons. The summed E-state index contributed by atoms with van der Waals surface area (Å²) in [5, 5.41) is 15.6. The maximum atomic E-state index is 14.5. The summed E-state index contributed by atoms with van der Waals surface area (Å²) in [5.74, 6) is -1.67. The predicted octanol–water partition coefficient (Wildman–Crippen LogP) is 2.81. The molecule has 0 unspecified atom stereocenters. The molecule has 0 aliphatic rings. The van der Waals surface area contributed by atoms with Gasteiger partial charge in [-0.1, -0.05) is 0 Å². The summed E-state index contributed by atoms with van der Waals surface area (Å²) in [6.07, 6.45) is -0.789. The first-order chi connectivity index (χ1) is 12.9. The van der Waals surface area contributed by atoms with E-state index in [-0.39, 0.29) is 29.5 Å². The molecular formula is C17H15FN4O5. The van der Waals surface area contributed by atoms with Crippen molar-refractivity contribution in [2.75, 3.05) is 19.0 Å². The number of methoxy groups -OCH3 is 1. The van der Waals surface area contributed by atoms with Gasteiger partial charge in [-0.3, -0.25) is 5.32 Å². The van der Waals surface area contributed by atoms with Gasteiger partial charge in [-0.25, -0.2) is 18.5 Å². The standard InChI is InChI=1S/C17H15FN4O5/c1-3-27-17(25)20-16-19-14-11(6-7-13(15(23)24)22(14)21-16)10-5-4-9(26-2)8-12(10)18/h4-8H,3H2,1-2H3,(H,23,24)(H,20,21,25). The smallest absolute Gasteiger partial charge is 0.414 e. The molecule has 0 saturated heterocycles. The number of benzene rings is 1. The second-order valence-corrected chi connectivity index (χ2v) is 5.30. The van der Waals surface area contributed by atoms with E-state index in [0.29, 0.717) is 11.3 Å². The van der Waals surface area contributed by atoms with E-state index in [9.17, 15) is 19.1 Å². The molecule has 1 amide bonds. The van der Waals surface area contributed by atoms with E-state index in [2.05, 4.69) is 15.4 Å². The number of ether oxygens (including phenoxy) is 2. The number of nitrogens with zero attached hydrogens (tertiary/aromatic N) is 3. The van der Waals surface area contributed by atoms with Crippen molar-refractivity contribution in [2.45, 2.75) is 6.92 Å². The molecule has 1 aromatic carbocycles. The Bertz CT molecular complexity index is 1030. The first kappa shape index (κ1) is 18.1. The molecule has 10 heteroatoms. The molecule has 140 valence electrons. The number of anilines is 1. The topological polar surface area (TPSA) is 115 Å². The molecule has 0 atom stereocenters. The van der Waals surface area contributed by atoms with Crippen molar-refractivity contribution in [1.82, 2.24) is 14.6 Å². The lowest BCUT2D eigenvalue weighted by atomic mass is 10.1. The Morgan fingerprint density at radius 2 is 2.00 bits per heavy atom. The van der Waals surface area contributed by atoms with E-state index < -0.39 is 17.9 Å². The van der Waals surface area contributed by atoms with Crippen molar-refractivity contribution in [3.05, 3.63) is 41.8 Å². The molecule has 27 heavy (non-hydrogen) atoms. The van der Waals surface area contributed by atoms with Crippen LogP contribution in [0.15, 0.2) is 30.3 Å². The van der Waals surface area contributed by atoms with Gasteiger partial charge >= 0.3 is 12.1 Å². The van der Waals surface area contributed by atoms with E-state index in [1.165, 1.54) is 31.4 Å². The van der Waals surface area contributed by atoms with Gasteiger partial charge in [0.25, 0.3) is 5.95 Å². The van der Waals surface area contributed by atoms with E-state index >= 15 is 0 Å². The Kier molecular flexibility index (Phi) is 4.88. The van der Waals surface area contributed by atoms with Crippen LogP contribution in [-0.2, 0) is 4.74 Å². The Labute approximate surface area is 152 Å². The van der Waals surface area contributed by atoms with E-state index in [1.807, 2.05) is 0 Å². The van der Waals surface area contributed by atoms with Crippen molar-refractivity contribution in [3.63, 3.8) is 0 Å². The molecule has 2 aromatic heterocycles. The zero-order chi connectivity index (χ0) is 19.6. The van der Waals surface area contributed by atoms with Crippen LogP contribution in [0, 0.1) is 5.82 Å². The molecule has 2 N–H and O–H groups in total. The van der Waals surface area contributed by atoms with Crippen LogP contribution in [0.3, 0.4) is 0 Å². The van der Waals surface area contributed by atoms with Crippen molar-refractivity contribution in [2.24, 2.45) is 0 Å². The van der Waals surface area contributed by atoms with Gasteiger partial charge in [0.15, 0.2) is 11.3 Å². The van der Waals surface area contributed by atoms with Gasteiger partial charge < -0.3 is 14.6 Å². The normalized spacial score (nSPS) is 10.6. The molecule has 0 fully saturated rings. The Morgan fingerprint density at radius 3 is 2.63 bits per heavy atom. The summed E-state index contributed by atoms with van der Waals surface area (Å²) in [6, 6.07) is 6.94. The minimum absolute atomic E-state index is 0.0609. The van der Waals surface area contributed by atoms with Crippen LogP contribution in [-0.4, -0.2) is 45.5 Å². The zero-order valence-corrected chi connectivity index (χ0v) is 14.4. The summed E-state index contributed by atoms with van der Waals surface area (Å²) >= 11 is 0. The SMILES string of the molecule is CCOC(=O)Nc1nc2c(-c3ccc(OC)cc3F)ccc(C(=O)O)n2n1. The number of carboxylic acid groups (broad SMARTS) is 1. The summed E-state index contributed by atoms with van der Waals surface area (Å²) in [7, 11) is 1.42. The fraction of sp³-hybridized carbons (Fsp3) is 0.176. The predicted molar refractivity (Wildman–Crippen MR) is 92.5 cm³/mol. The highest BCUT2D eigenvalue weighted by Gasteiger charge is 2.20. The Morgan fingerprint density at radius 1 is 1.26 bits per heavy atom. The number of fused-ring (bicyclic) bond motifs is 1. The minimum atomic E-state index is -1.26. The molecule has 0 aliphatic carbocycles. The van der Waals surface area contributed by atoms with Gasteiger partial charge in [-0.05, 0) is 31.2 Å². The van der Waals surface area contributed by atoms with Gasteiger partial charge in [-0.2, -0.15) is 4.98 Å². The second-order valence-electron chi connectivity index (χ2n) is 5.30. The number of rotatable bonds is 5. The molecule has 3 aromatic rings. The van der Waals surface area contributed by atoms with Gasteiger partial charge in [0.2, 0.25) is 0 Å². The Balaban J connectivity index is 2.16. The summed E-state index contributed by atoms with van der Waals surface area (Å²) in [6.45, 7) is 1.77. The number of amides is 1. The molecule has 0 aliphatic heterocycles. The van der Waals surface area contributed by atoms with Crippen molar-refractivity contribution >= 4 is 23.7 Å². The van der Waals surface area contributed by atoms with E-state index in [1.54, 1.807) is 13.0 Å². The average Bonchev–Trinajstić information content (AvgIpc) is 3.04. The molecule has 9 nitrogen and oxygen atoms in total. The molecule has 3 rings (SSSR count). The largest absolute Gasteiger partial charge is 0.497 e. The number of halogens is 1. The number of carbonyl (C=O) groups is 2. The van der Waals surface area contributed by atoms with Gasteiger partial charge in [0.1, 0.15) is 11.6 Å². The first-order valence-corrected chi connectivity index (χ1v) is 7.85. The molecule has 0 bridgehead atoms. The maximum Gasteiger partial charge on any atom is 0.414 e. The van der Waals surface area contributed by atoms with Gasteiger partial charge in [0.05, 0.1) is 13.7 Å². The highest BCUT2D eigenvalue weighted by molar-refractivity contribution is 5.90. The number of hydrogen-bond acceptors (Lipinski definition) is 6. The number of aromatic nitrogens is 3. The first-order valence-electron chi connectivity index (χ1n) is 7.85. The molecule has 0 saturated carbocycles. The number of carboxylic acids is 1. The summed E-state index contributed by atoms with van der Waals surface area (Å²) < 4.78 is 25.2. The van der Waals surface area contributed by atoms with Crippen LogP contribution in [0.1, 0.15) is 17.4 Å². The summed E-state index contributed by atoms with van der Waals surface area (Å²) in [4.78, 5) is 27.1. The van der Waals surface area contributed by atoms with Crippen LogP contribution in [0.2, 0.25) is 0 Å². The van der Waals surface area contributed by atoms with Crippen LogP contribution < -0.4 is 10.1 Å². The average molecular weight is 374 g/mol. The molecule has 0 spiro atoms. The molecule has 2 heterocycles. The van der Waals surface area contributed by atoms with Crippen LogP contribution in [0.4, 0.5) is 15.1 Å². The number of carbonyl (C=O) groups excluding carboxylic acids is 1. The van der Waals surface area contributed by atoms with Crippen LogP contribution >= 0.6 is 0 Å². The van der Waals surface area contributed by atoms with Crippen molar-refractivity contribution in [3.8, 4) is 16.9 Å². The quantitative estimate of drug-likeness (QED) is 0.705. The fourth-order valence-corrected chi connectivity index (χ4v) is 2.49. The number of hydrogen-bond donors (Lipinski definition) is 2. The minimum Gasteiger partial charge on any atom is -0.497 e. The molecular weight excluding hydrogens is 359 g/mol.